The quantitative estimate of drug-likeness (QED) is 0.699. The van der Waals surface area contributed by atoms with Gasteiger partial charge in [0.25, 0.3) is 0 Å². The Morgan fingerprint density at radius 3 is 2.40 bits per heavy atom. The lowest BCUT2D eigenvalue weighted by Gasteiger charge is -2.25. The Balaban J connectivity index is 2.17. The summed E-state index contributed by atoms with van der Waals surface area (Å²) in [4.78, 5) is 11.8. The summed E-state index contributed by atoms with van der Waals surface area (Å²) in [6.45, 7) is 6.89. The third-order valence-electron chi connectivity index (χ3n) is 3.27. The van der Waals surface area contributed by atoms with Crippen molar-refractivity contribution in [1.82, 2.24) is 0 Å². The number of carbonyl (C=O) groups is 1. The summed E-state index contributed by atoms with van der Waals surface area (Å²) in [5.74, 6) is 1.57. The summed E-state index contributed by atoms with van der Waals surface area (Å²) in [5, 5.41) is 0. The zero-order valence-electron chi connectivity index (χ0n) is 10.3. The van der Waals surface area contributed by atoms with E-state index in [2.05, 4.69) is 6.92 Å². The Bertz CT molecular complexity index is 191. The third-order valence-corrected chi connectivity index (χ3v) is 3.27. The van der Waals surface area contributed by atoms with E-state index in [1.54, 1.807) is 0 Å². The van der Waals surface area contributed by atoms with Crippen LogP contribution in [0.2, 0.25) is 0 Å². The summed E-state index contributed by atoms with van der Waals surface area (Å²) in [6.07, 6.45) is 5.49. The molecule has 0 bridgehead atoms. The van der Waals surface area contributed by atoms with Gasteiger partial charge in [-0.3, -0.25) is 4.79 Å². The van der Waals surface area contributed by atoms with E-state index in [-0.39, 0.29) is 6.10 Å². The minimum absolute atomic E-state index is 0.240. The first kappa shape index (κ1) is 12.7. The first-order valence-corrected chi connectivity index (χ1v) is 6.24. The number of ketones is 1. The Labute approximate surface area is 93.4 Å². The smallest absolute Gasteiger partial charge is 0.138 e. The molecule has 0 N–H and O–H groups in total. The molecular weight excluding hydrogens is 188 g/mol. The van der Waals surface area contributed by atoms with Crippen molar-refractivity contribution >= 4 is 5.78 Å². The maximum absolute atomic E-state index is 11.8. The Kier molecular flexibility index (Phi) is 5.30. The van der Waals surface area contributed by atoms with Crippen molar-refractivity contribution in [2.45, 2.75) is 59.0 Å². The number of rotatable bonds is 5. The standard InChI is InChI=1S/C13H24O2/c1-10(2)15-9-8-13(14)12-6-4-11(3)5-7-12/h10-12H,4-9H2,1-3H3. The molecule has 0 amide bonds. The molecule has 0 heterocycles. The highest BCUT2D eigenvalue weighted by molar-refractivity contribution is 5.81. The second-order valence-electron chi connectivity index (χ2n) is 5.09. The Morgan fingerprint density at radius 2 is 1.87 bits per heavy atom. The van der Waals surface area contributed by atoms with E-state index in [9.17, 15) is 4.79 Å². The van der Waals surface area contributed by atoms with Crippen molar-refractivity contribution in [2.24, 2.45) is 11.8 Å². The highest BCUT2D eigenvalue weighted by atomic mass is 16.5. The van der Waals surface area contributed by atoms with Crippen molar-refractivity contribution < 1.29 is 9.53 Å². The molecule has 0 aromatic heterocycles. The van der Waals surface area contributed by atoms with Crippen molar-refractivity contribution in [1.29, 1.82) is 0 Å². The van der Waals surface area contributed by atoms with Crippen LogP contribution in [0.5, 0.6) is 0 Å². The second-order valence-corrected chi connectivity index (χ2v) is 5.09. The van der Waals surface area contributed by atoms with Gasteiger partial charge in [-0.2, -0.15) is 0 Å². The number of ether oxygens (including phenoxy) is 1. The zero-order valence-corrected chi connectivity index (χ0v) is 10.3. The molecule has 0 saturated heterocycles. The molecule has 0 aromatic carbocycles. The summed E-state index contributed by atoms with van der Waals surface area (Å²) >= 11 is 0. The molecular formula is C13H24O2. The number of hydrogen-bond donors (Lipinski definition) is 0. The van der Waals surface area contributed by atoms with Gasteiger partial charge >= 0.3 is 0 Å². The molecule has 1 saturated carbocycles. The van der Waals surface area contributed by atoms with Gasteiger partial charge in [-0.15, -0.1) is 0 Å². The molecule has 0 spiro atoms. The molecule has 2 nitrogen and oxygen atoms in total. The minimum atomic E-state index is 0.240. The Hall–Kier alpha value is -0.370. The first-order valence-electron chi connectivity index (χ1n) is 6.24. The van der Waals surface area contributed by atoms with E-state index in [0.717, 1.165) is 18.8 Å². The molecule has 88 valence electrons. The fourth-order valence-corrected chi connectivity index (χ4v) is 2.18. The van der Waals surface area contributed by atoms with E-state index in [1.165, 1.54) is 12.8 Å². The monoisotopic (exact) mass is 212 g/mol. The number of Topliss-reactive ketones (excluding diaryl/α,β-unsaturated/α-hetero) is 1. The highest BCUT2D eigenvalue weighted by Crippen LogP contribution is 2.29. The summed E-state index contributed by atoms with van der Waals surface area (Å²) < 4.78 is 5.40. The molecule has 0 atom stereocenters. The fourth-order valence-electron chi connectivity index (χ4n) is 2.18. The molecule has 0 radical (unpaired) electrons. The van der Waals surface area contributed by atoms with E-state index in [1.807, 2.05) is 13.8 Å². The van der Waals surface area contributed by atoms with Crippen molar-refractivity contribution in [3.63, 3.8) is 0 Å². The van der Waals surface area contributed by atoms with Crippen molar-refractivity contribution in [3.8, 4) is 0 Å². The van der Waals surface area contributed by atoms with Crippen LogP contribution in [-0.4, -0.2) is 18.5 Å². The van der Waals surface area contributed by atoms with Gasteiger partial charge in [-0.25, -0.2) is 0 Å². The van der Waals surface area contributed by atoms with Crippen LogP contribution in [0.3, 0.4) is 0 Å². The van der Waals surface area contributed by atoms with Gasteiger partial charge in [0.15, 0.2) is 0 Å². The minimum Gasteiger partial charge on any atom is -0.378 e. The SMILES string of the molecule is CC1CCC(C(=O)CCOC(C)C)CC1. The van der Waals surface area contributed by atoms with Gasteiger partial charge in [0, 0.05) is 12.3 Å². The summed E-state index contributed by atoms with van der Waals surface area (Å²) in [7, 11) is 0. The number of hydrogen-bond acceptors (Lipinski definition) is 2. The van der Waals surface area contributed by atoms with Crippen LogP contribution >= 0.6 is 0 Å². The van der Waals surface area contributed by atoms with Gasteiger partial charge in [-0.1, -0.05) is 19.8 Å². The van der Waals surface area contributed by atoms with Crippen LogP contribution < -0.4 is 0 Å². The van der Waals surface area contributed by atoms with Crippen LogP contribution in [-0.2, 0) is 9.53 Å². The zero-order chi connectivity index (χ0) is 11.3. The molecule has 15 heavy (non-hydrogen) atoms. The van der Waals surface area contributed by atoms with E-state index in [0.29, 0.717) is 24.7 Å². The molecule has 1 aliphatic carbocycles. The fraction of sp³-hybridized carbons (Fsp3) is 0.923. The van der Waals surface area contributed by atoms with E-state index in [4.69, 9.17) is 4.74 Å². The topological polar surface area (TPSA) is 26.3 Å². The number of carbonyl (C=O) groups excluding carboxylic acids is 1. The molecule has 0 unspecified atom stereocenters. The summed E-state index contributed by atoms with van der Waals surface area (Å²) in [5.41, 5.74) is 0. The second kappa shape index (κ2) is 6.26. The van der Waals surface area contributed by atoms with Gasteiger partial charge < -0.3 is 4.74 Å². The summed E-state index contributed by atoms with van der Waals surface area (Å²) in [6, 6.07) is 0. The normalized spacial score (nSPS) is 26.9. The predicted octanol–water partition coefficient (Wildman–Crippen LogP) is 3.20. The maximum atomic E-state index is 11.8. The largest absolute Gasteiger partial charge is 0.378 e. The third kappa shape index (κ3) is 4.78. The van der Waals surface area contributed by atoms with E-state index >= 15 is 0 Å². The lowest BCUT2D eigenvalue weighted by atomic mass is 9.80. The first-order chi connectivity index (χ1) is 7.09. The predicted molar refractivity (Wildman–Crippen MR) is 61.8 cm³/mol. The van der Waals surface area contributed by atoms with Gasteiger partial charge in [0.2, 0.25) is 0 Å². The van der Waals surface area contributed by atoms with Gasteiger partial charge in [-0.05, 0) is 32.6 Å². The lowest BCUT2D eigenvalue weighted by Crippen LogP contribution is -2.22. The highest BCUT2D eigenvalue weighted by Gasteiger charge is 2.23. The molecule has 2 heteroatoms. The lowest BCUT2D eigenvalue weighted by molar-refractivity contribution is -0.125. The van der Waals surface area contributed by atoms with E-state index < -0.39 is 0 Å². The van der Waals surface area contributed by atoms with Gasteiger partial charge in [0.05, 0.1) is 12.7 Å². The molecule has 1 aliphatic rings. The van der Waals surface area contributed by atoms with Crippen molar-refractivity contribution in [3.05, 3.63) is 0 Å². The maximum Gasteiger partial charge on any atom is 0.138 e. The molecule has 0 aliphatic heterocycles. The van der Waals surface area contributed by atoms with Crippen LogP contribution in [0.4, 0.5) is 0 Å². The molecule has 1 rings (SSSR count). The van der Waals surface area contributed by atoms with Crippen LogP contribution in [0.15, 0.2) is 0 Å². The van der Waals surface area contributed by atoms with Crippen molar-refractivity contribution in [2.75, 3.05) is 6.61 Å². The average molecular weight is 212 g/mol. The molecule has 1 fully saturated rings. The van der Waals surface area contributed by atoms with Gasteiger partial charge in [0.1, 0.15) is 5.78 Å². The van der Waals surface area contributed by atoms with Crippen LogP contribution in [0.25, 0.3) is 0 Å². The van der Waals surface area contributed by atoms with Crippen LogP contribution in [0, 0.1) is 11.8 Å². The average Bonchev–Trinajstić information content (AvgIpc) is 2.18. The van der Waals surface area contributed by atoms with Crippen LogP contribution in [0.1, 0.15) is 52.9 Å². The molecule has 0 aromatic rings. The Morgan fingerprint density at radius 1 is 1.27 bits per heavy atom.